The molecule has 10 nitrogen and oxygen atoms in total. The average Bonchev–Trinajstić information content (AvgIpc) is 3.70. The third-order valence-electron chi connectivity index (χ3n) is 7.62. The van der Waals surface area contributed by atoms with Crippen LogP contribution in [0.2, 0.25) is 10.0 Å². The Bertz CT molecular complexity index is 2050. The Morgan fingerprint density at radius 2 is 1.53 bits per heavy atom. The van der Waals surface area contributed by atoms with E-state index >= 15 is 0 Å². The number of esters is 1. The van der Waals surface area contributed by atoms with Gasteiger partial charge in [-0.3, -0.25) is 24.2 Å². The van der Waals surface area contributed by atoms with Crippen LogP contribution in [-0.2, 0) is 27.2 Å². The van der Waals surface area contributed by atoms with Gasteiger partial charge in [-0.1, -0.05) is 41.4 Å². The molecule has 3 heterocycles. The summed E-state index contributed by atoms with van der Waals surface area (Å²) in [5.41, 5.74) is 3.52. The second-order valence-corrected chi connectivity index (χ2v) is 14.8. The number of carboxylic acid groups (broad SMARTS) is 1. The number of pyridine rings is 1. The first kappa shape index (κ1) is 37.7. The molecule has 14 heteroatoms. The number of likely N-dealkylation sites (N-methyl/N-ethyl adjacent to an activating group) is 1. The Labute approximate surface area is 313 Å². The topological polar surface area (TPSA) is 138 Å². The first-order chi connectivity index (χ1) is 24.4. The van der Waals surface area contributed by atoms with Crippen LogP contribution in [0.4, 0.5) is 5.69 Å². The minimum Gasteiger partial charge on any atom is -0.481 e. The maximum absolute atomic E-state index is 13.4. The second kappa shape index (κ2) is 17.1. The molecule has 0 fully saturated rings. The number of carbonyl (C=O) groups is 4. The molecule has 0 saturated carbocycles. The van der Waals surface area contributed by atoms with Gasteiger partial charge in [-0.25, -0.2) is 0 Å². The van der Waals surface area contributed by atoms with Gasteiger partial charge in [0.25, 0.3) is 11.8 Å². The van der Waals surface area contributed by atoms with Gasteiger partial charge in [0.05, 0.1) is 34.5 Å². The lowest BCUT2D eigenvalue weighted by Crippen LogP contribution is -2.30. The molecule has 0 spiro atoms. The number of hydrogen-bond acceptors (Lipinski definition) is 9. The molecule has 0 aliphatic heterocycles. The Morgan fingerprint density at radius 1 is 0.882 bits per heavy atom. The molecule has 2 amide bonds. The smallest absolute Gasteiger partial charge is 0.310 e. The molecule has 5 rings (SSSR count). The number of thiophene rings is 2. The number of hydrogen-bond donors (Lipinski definition) is 3. The van der Waals surface area contributed by atoms with Crippen molar-refractivity contribution in [3.63, 3.8) is 0 Å². The lowest BCUT2D eigenvalue weighted by Gasteiger charge is -2.16. The zero-order valence-corrected chi connectivity index (χ0v) is 31.0. The number of rotatable bonds is 14. The van der Waals surface area contributed by atoms with Gasteiger partial charge in [0.1, 0.15) is 6.10 Å². The van der Waals surface area contributed by atoms with Crippen LogP contribution < -0.4 is 10.6 Å². The summed E-state index contributed by atoms with van der Waals surface area (Å²) in [7, 11) is 3.84. The standard InChI is InChI=1S/C37H34Cl2N4O6S2/c1-21(49-33(46)19-25-17-30(36(47)41-13-14-43(2)3)50-34(25)22-6-9-26(38)10-7-22)28-15-23(8-11-29(28)39)35-24(18-32(44)45)16-31(51-35)37(48)42-27-5-4-12-40-20-27/h4-12,15-17,20-21H,13-14,18-19H2,1-3H3,(H,41,47)(H,42,48)(H,44,45). The Balaban J connectivity index is 1.37. The van der Waals surface area contributed by atoms with E-state index in [1.54, 1.807) is 67.7 Å². The van der Waals surface area contributed by atoms with Gasteiger partial charge >= 0.3 is 11.9 Å². The van der Waals surface area contributed by atoms with Gasteiger partial charge in [-0.05, 0) is 91.8 Å². The Morgan fingerprint density at radius 3 is 2.18 bits per heavy atom. The molecule has 0 radical (unpaired) electrons. The number of benzene rings is 2. The molecule has 0 saturated heterocycles. The van der Waals surface area contributed by atoms with Gasteiger partial charge in [-0.15, -0.1) is 22.7 Å². The van der Waals surface area contributed by atoms with Crippen molar-refractivity contribution in [2.24, 2.45) is 0 Å². The number of carbonyl (C=O) groups excluding carboxylic acids is 3. The first-order valence-corrected chi connectivity index (χ1v) is 18.1. The number of carboxylic acids is 1. The van der Waals surface area contributed by atoms with Gasteiger partial charge in [0, 0.05) is 44.6 Å². The van der Waals surface area contributed by atoms with Gasteiger partial charge < -0.3 is 25.4 Å². The third-order valence-corrected chi connectivity index (χ3v) is 10.7. The average molecular weight is 766 g/mol. The van der Waals surface area contributed by atoms with Gasteiger partial charge in [-0.2, -0.15) is 0 Å². The van der Waals surface area contributed by atoms with E-state index < -0.39 is 23.9 Å². The summed E-state index contributed by atoms with van der Waals surface area (Å²) in [5, 5.41) is 16.2. The van der Waals surface area contributed by atoms with E-state index in [1.165, 1.54) is 17.5 Å². The van der Waals surface area contributed by atoms with Crippen LogP contribution in [0.3, 0.4) is 0 Å². The lowest BCUT2D eigenvalue weighted by atomic mass is 10.0. The number of nitrogens with zero attached hydrogens (tertiary/aromatic N) is 2. The normalized spacial score (nSPS) is 11.6. The highest BCUT2D eigenvalue weighted by Crippen LogP contribution is 2.38. The number of ether oxygens (including phenoxy) is 1. The van der Waals surface area contributed by atoms with Crippen molar-refractivity contribution in [2.45, 2.75) is 25.9 Å². The van der Waals surface area contributed by atoms with Gasteiger partial charge in [0.2, 0.25) is 0 Å². The zero-order chi connectivity index (χ0) is 36.7. The van der Waals surface area contributed by atoms with E-state index in [0.29, 0.717) is 65.7 Å². The van der Waals surface area contributed by atoms with Gasteiger partial charge in [0.15, 0.2) is 0 Å². The van der Waals surface area contributed by atoms with E-state index in [-0.39, 0.29) is 18.7 Å². The summed E-state index contributed by atoms with van der Waals surface area (Å²) in [5.74, 6) is -2.22. The van der Waals surface area contributed by atoms with E-state index in [1.807, 2.05) is 31.1 Å². The summed E-state index contributed by atoms with van der Waals surface area (Å²) in [6.45, 7) is 2.84. The second-order valence-electron chi connectivity index (χ2n) is 11.8. The van der Waals surface area contributed by atoms with Crippen LogP contribution >= 0.6 is 45.9 Å². The molecule has 51 heavy (non-hydrogen) atoms. The number of amides is 2. The predicted molar refractivity (Wildman–Crippen MR) is 202 cm³/mol. The molecular formula is C37H34Cl2N4O6S2. The summed E-state index contributed by atoms with van der Waals surface area (Å²) in [4.78, 5) is 59.3. The van der Waals surface area contributed by atoms with Crippen molar-refractivity contribution < 1.29 is 29.0 Å². The van der Waals surface area contributed by atoms with E-state index in [4.69, 9.17) is 27.9 Å². The van der Waals surface area contributed by atoms with Crippen molar-refractivity contribution in [1.82, 2.24) is 15.2 Å². The highest BCUT2D eigenvalue weighted by atomic mass is 35.5. The highest BCUT2D eigenvalue weighted by Gasteiger charge is 2.23. The maximum atomic E-state index is 13.4. The van der Waals surface area contributed by atoms with Crippen LogP contribution in [0.5, 0.6) is 0 Å². The third kappa shape index (κ3) is 10.0. The van der Waals surface area contributed by atoms with Crippen molar-refractivity contribution >= 4 is 75.3 Å². The molecular weight excluding hydrogens is 731 g/mol. The predicted octanol–water partition coefficient (Wildman–Crippen LogP) is 7.86. The van der Waals surface area contributed by atoms with Crippen molar-refractivity contribution in [2.75, 3.05) is 32.5 Å². The SMILES string of the molecule is CC(OC(=O)Cc1cc(C(=O)NCCN(C)C)sc1-c1ccc(Cl)cc1)c1cc(-c2sc(C(=O)Nc3cccnc3)cc2CC(=O)O)ccc1Cl. The number of aliphatic carboxylic acids is 1. The Kier molecular flexibility index (Phi) is 12.6. The van der Waals surface area contributed by atoms with E-state index in [2.05, 4.69) is 15.6 Å². The summed E-state index contributed by atoms with van der Waals surface area (Å²) in [6.07, 6.45) is 1.91. The van der Waals surface area contributed by atoms with Crippen LogP contribution in [0.1, 0.15) is 49.1 Å². The number of aromatic nitrogens is 1. The van der Waals surface area contributed by atoms with Crippen molar-refractivity contribution in [1.29, 1.82) is 0 Å². The molecule has 0 aliphatic rings. The summed E-state index contributed by atoms with van der Waals surface area (Å²) >= 11 is 15.2. The molecule has 264 valence electrons. The maximum Gasteiger partial charge on any atom is 0.310 e. The van der Waals surface area contributed by atoms with Crippen molar-refractivity contribution in [3.8, 4) is 20.9 Å². The Hall–Kier alpha value is -4.59. The molecule has 5 aromatic rings. The molecule has 2 aromatic carbocycles. The monoisotopic (exact) mass is 764 g/mol. The molecule has 1 atom stereocenters. The number of halogens is 2. The summed E-state index contributed by atoms with van der Waals surface area (Å²) in [6, 6.07) is 18.9. The van der Waals surface area contributed by atoms with Crippen LogP contribution in [-0.4, -0.2) is 65.9 Å². The minimum absolute atomic E-state index is 0.107. The fourth-order valence-electron chi connectivity index (χ4n) is 5.16. The lowest BCUT2D eigenvalue weighted by molar-refractivity contribution is -0.147. The first-order valence-electron chi connectivity index (χ1n) is 15.7. The van der Waals surface area contributed by atoms with Crippen LogP contribution in [0.15, 0.2) is 79.1 Å². The minimum atomic E-state index is -1.05. The fourth-order valence-corrected chi connectivity index (χ4v) is 7.73. The van der Waals surface area contributed by atoms with E-state index in [9.17, 15) is 24.3 Å². The number of nitrogens with one attached hydrogen (secondary N) is 2. The quantitative estimate of drug-likeness (QED) is 0.0973. The number of anilines is 1. The molecule has 1 unspecified atom stereocenters. The fraction of sp³-hybridized carbons (Fsp3) is 0.216. The zero-order valence-electron chi connectivity index (χ0n) is 27.9. The van der Waals surface area contributed by atoms with E-state index in [0.717, 1.165) is 21.8 Å². The molecule has 3 N–H and O–H groups in total. The van der Waals surface area contributed by atoms with Crippen molar-refractivity contribution in [3.05, 3.63) is 116 Å². The largest absolute Gasteiger partial charge is 0.481 e. The summed E-state index contributed by atoms with van der Waals surface area (Å²) < 4.78 is 5.88. The van der Waals surface area contributed by atoms with Crippen LogP contribution in [0.25, 0.3) is 20.9 Å². The molecule has 0 bridgehead atoms. The van der Waals surface area contributed by atoms with Crippen LogP contribution in [0, 0.1) is 0 Å². The molecule has 3 aromatic heterocycles. The molecule has 0 aliphatic carbocycles. The highest BCUT2D eigenvalue weighted by molar-refractivity contribution is 7.18.